The summed E-state index contributed by atoms with van der Waals surface area (Å²) >= 11 is 0. The molecule has 4 nitrogen and oxygen atoms in total. The van der Waals surface area contributed by atoms with Gasteiger partial charge >= 0.3 is 16.8 Å². The van der Waals surface area contributed by atoms with Crippen molar-refractivity contribution in [2.75, 3.05) is 0 Å². The first-order valence-corrected chi connectivity index (χ1v) is 2.28. The summed E-state index contributed by atoms with van der Waals surface area (Å²) in [5.41, 5.74) is 0. The Morgan fingerprint density at radius 2 is 1.09 bits per heavy atom. The first-order valence-electron chi connectivity index (χ1n) is 2.28. The smallest absolute Gasteiger partial charge is 0.878 e. The van der Waals surface area contributed by atoms with Gasteiger partial charge in [-0.1, -0.05) is 0 Å². The van der Waals surface area contributed by atoms with Crippen LogP contribution in [0.3, 0.4) is 0 Å². The maximum Gasteiger partial charge on any atom is 2.00 e. The van der Waals surface area contributed by atoms with Crippen molar-refractivity contribution >= 4 is 12.6 Å². The van der Waals surface area contributed by atoms with Crippen LogP contribution in [0.15, 0.2) is 24.7 Å². The fraction of sp³-hybridized carbons (Fsp3) is 0. The molecule has 11 heavy (non-hydrogen) atoms. The largest absolute Gasteiger partial charge is 2.00 e. The third-order valence-corrected chi connectivity index (χ3v) is 0.314. The van der Waals surface area contributed by atoms with E-state index in [0.717, 1.165) is 12.2 Å². The van der Waals surface area contributed by atoms with Gasteiger partial charge in [-0.05, 0) is 12.2 Å². The first-order chi connectivity index (χ1) is 4.83. The topological polar surface area (TPSA) is 80.3 Å². The summed E-state index contributed by atoms with van der Waals surface area (Å²) < 4.78 is 0. The summed E-state index contributed by atoms with van der Waals surface area (Å²) in [4.78, 5) is 18.2. The van der Waals surface area contributed by atoms with E-state index in [4.69, 9.17) is 19.8 Å². The maximum atomic E-state index is 9.12. The molecule has 0 heterocycles. The molecule has 0 aliphatic heterocycles. The van der Waals surface area contributed by atoms with E-state index in [1.54, 1.807) is 0 Å². The monoisotopic (exact) mass is 201 g/mol. The molecule has 0 unspecified atom stereocenters. The Morgan fingerprint density at radius 3 is 1.09 bits per heavy atom. The van der Waals surface area contributed by atoms with Crippen LogP contribution in [0.25, 0.3) is 0 Å². The van der Waals surface area contributed by atoms with Gasteiger partial charge in [-0.3, -0.25) is 9.59 Å². The minimum atomic E-state index is 0. The molecule has 0 bridgehead atoms. The zero-order chi connectivity index (χ0) is 8.24. The molecule has 1 radical (unpaired) electrons. The Hall–Kier alpha value is -1.07. The van der Waals surface area contributed by atoms with Crippen LogP contribution in [0.5, 0.6) is 0 Å². The molecule has 0 saturated carbocycles. The normalized spacial score (nSPS) is 8.00. The minimum Gasteiger partial charge on any atom is -0.878 e. The second kappa shape index (κ2) is 23.1. The van der Waals surface area contributed by atoms with E-state index in [1.165, 1.54) is 0 Å². The van der Waals surface area contributed by atoms with Crippen molar-refractivity contribution in [3.05, 3.63) is 24.7 Å². The van der Waals surface area contributed by atoms with E-state index in [9.17, 15) is 0 Å². The van der Waals surface area contributed by atoms with Crippen molar-refractivity contribution < 1.29 is 36.6 Å². The molecule has 0 aliphatic rings. The molecule has 0 N–H and O–H groups in total. The molecule has 0 aromatic heterocycles. The van der Waals surface area contributed by atoms with E-state index in [1.807, 2.05) is 0 Å². The summed E-state index contributed by atoms with van der Waals surface area (Å²) in [7, 11) is 0. The summed E-state index contributed by atoms with van der Waals surface area (Å²) in [6.07, 6.45) is 3.53. The Labute approximate surface area is 74.4 Å². The maximum absolute atomic E-state index is 9.12. The van der Waals surface area contributed by atoms with Crippen LogP contribution in [0, 0.1) is 0 Å². The second-order valence-electron chi connectivity index (χ2n) is 0.929. The molecule has 63 valence electrons. The quantitative estimate of drug-likeness (QED) is 0.297. The van der Waals surface area contributed by atoms with Crippen LogP contribution >= 0.6 is 0 Å². The average Bonchev–Trinajstić information content (AvgIpc) is 1.93. The number of hydrogen-bond donors (Lipinski definition) is 0. The van der Waals surface area contributed by atoms with Crippen LogP contribution in [-0.2, 0) is 26.4 Å². The molecule has 0 fully saturated rings. The Morgan fingerprint density at radius 1 is 0.818 bits per heavy atom. The van der Waals surface area contributed by atoms with Gasteiger partial charge in [-0.15, -0.1) is 12.5 Å². The van der Waals surface area contributed by atoms with Crippen LogP contribution < -0.4 is 10.2 Å². The predicted octanol–water partition coefficient (Wildman–Crippen LogP) is -1.88. The van der Waals surface area contributed by atoms with Gasteiger partial charge in [0.1, 0.15) is 12.6 Å². The van der Waals surface area contributed by atoms with E-state index >= 15 is 0 Å². The van der Waals surface area contributed by atoms with Gasteiger partial charge in [0.2, 0.25) is 0 Å². The van der Waals surface area contributed by atoms with Gasteiger partial charge in [-0.2, -0.15) is 0 Å². The first kappa shape index (κ1) is 16.5. The van der Waals surface area contributed by atoms with Crippen molar-refractivity contribution in [1.29, 1.82) is 0 Å². The third-order valence-electron chi connectivity index (χ3n) is 0.314. The fourth-order valence-corrected chi connectivity index (χ4v) is 0.0642. The van der Waals surface area contributed by atoms with Crippen LogP contribution in [-0.4, -0.2) is 12.6 Å². The Bertz CT molecular complexity index is 115. The Balaban J connectivity index is -0.000000107. The third kappa shape index (κ3) is 50.0. The van der Waals surface area contributed by atoms with Crippen LogP contribution in [0.1, 0.15) is 0 Å². The molecular formula is C6H6CoO4. The standard InChI is InChI=1S/2C3H4O2.Co/c2*4-2-1-3-5;/h2*1-4H;/q;;+2/p-2/b2*2-1-;. The summed E-state index contributed by atoms with van der Waals surface area (Å²) in [5, 5.41) is 18.2. The van der Waals surface area contributed by atoms with Gasteiger partial charge in [0.05, 0.1) is 0 Å². The number of carbonyl (C=O) groups excluding carboxylic acids is 2. The average molecular weight is 201 g/mol. The van der Waals surface area contributed by atoms with E-state index < -0.39 is 0 Å². The summed E-state index contributed by atoms with van der Waals surface area (Å²) in [6.45, 7) is 0. The van der Waals surface area contributed by atoms with Crippen molar-refractivity contribution in [3.63, 3.8) is 0 Å². The summed E-state index contributed by atoms with van der Waals surface area (Å²) in [5.74, 6) is 0. The molecule has 0 aromatic rings. The van der Waals surface area contributed by atoms with Gasteiger partial charge < -0.3 is 10.2 Å². The summed E-state index contributed by atoms with van der Waals surface area (Å²) in [6, 6.07) is 0. The van der Waals surface area contributed by atoms with Crippen LogP contribution in [0.2, 0.25) is 0 Å². The van der Waals surface area contributed by atoms with E-state index in [0.29, 0.717) is 25.1 Å². The predicted molar refractivity (Wildman–Crippen MR) is 30.4 cm³/mol. The fourth-order valence-electron chi connectivity index (χ4n) is 0.0642. The SMILES string of the molecule is O=C/C=C\[O-].O=C/C=C\[O-].[Co+2]. The molecule has 0 saturated heterocycles. The van der Waals surface area contributed by atoms with E-state index in [-0.39, 0.29) is 16.8 Å². The molecule has 0 rings (SSSR count). The second-order valence-corrected chi connectivity index (χ2v) is 0.929. The molecule has 0 aliphatic carbocycles. The van der Waals surface area contributed by atoms with Crippen molar-refractivity contribution in [2.45, 2.75) is 0 Å². The zero-order valence-corrected chi connectivity index (χ0v) is 6.47. The van der Waals surface area contributed by atoms with Crippen molar-refractivity contribution in [2.24, 2.45) is 0 Å². The van der Waals surface area contributed by atoms with Gasteiger partial charge in [0.25, 0.3) is 0 Å². The van der Waals surface area contributed by atoms with E-state index in [2.05, 4.69) is 0 Å². The number of carbonyl (C=O) groups is 2. The molecule has 0 aromatic carbocycles. The number of rotatable bonds is 2. The van der Waals surface area contributed by atoms with Crippen LogP contribution in [0.4, 0.5) is 0 Å². The van der Waals surface area contributed by atoms with Gasteiger partial charge in [-0.25, -0.2) is 0 Å². The molecule has 0 atom stereocenters. The van der Waals surface area contributed by atoms with Crippen molar-refractivity contribution in [3.8, 4) is 0 Å². The number of hydrogen-bond acceptors (Lipinski definition) is 4. The molecule has 0 spiro atoms. The number of aldehydes is 2. The molecular weight excluding hydrogens is 195 g/mol. The number of allylic oxidation sites excluding steroid dienone is 2. The molecule has 0 amide bonds. The minimum absolute atomic E-state index is 0. The van der Waals surface area contributed by atoms with Gasteiger partial charge in [0.15, 0.2) is 0 Å². The van der Waals surface area contributed by atoms with Crippen molar-refractivity contribution in [1.82, 2.24) is 0 Å². The Kier molecular flexibility index (Phi) is 34.6. The zero-order valence-electron chi connectivity index (χ0n) is 5.43. The molecule has 5 heteroatoms. The van der Waals surface area contributed by atoms with Gasteiger partial charge in [0, 0.05) is 0 Å².